The normalized spacial score (nSPS) is 13.9. The molecule has 1 fully saturated rings. The van der Waals surface area contributed by atoms with E-state index in [1.54, 1.807) is 5.48 Å². The number of carbonyl (C=O) groups is 1. The van der Waals surface area contributed by atoms with Crippen LogP contribution in [-0.4, -0.2) is 53.9 Å². The van der Waals surface area contributed by atoms with Crippen molar-refractivity contribution in [3.8, 4) is 0 Å². The van der Waals surface area contributed by atoms with Crippen LogP contribution in [0.15, 0.2) is 30.5 Å². The van der Waals surface area contributed by atoms with Gasteiger partial charge in [0.2, 0.25) is 11.9 Å². The third-order valence-electron chi connectivity index (χ3n) is 4.24. The summed E-state index contributed by atoms with van der Waals surface area (Å²) in [6.07, 6.45) is 1.62. The van der Waals surface area contributed by atoms with Gasteiger partial charge in [0.1, 0.15) is 0 Å². The van der Waals surface area contributed by atoms with Gasteiger partial charge in [-0.3, -0.25) is 10.0 Å². The van der Waals surface area contributed by atoms with E-state index in [4.69, 9.17) is 9.94 Å². The number of rotatable bonds is 8. The molecule has 2 heterocycles. The van der Waals surface area contributed by atoms with Crippen LogP contribution in [0.3, 0.4) is 0 Å². The molecule has 28 heavy (non-hydrogen) atoms. The molecule has 9 nitrogen and oxygen atoms in total. The number of benzene rings is 1. The first kappa shape index (κ1) is 19.8. The van der Waals surface area contributed by atoms with Crippen molar-refractivity contribution in [3.05, 3.63) is 36.3 Å². The van der Waals surface area contributed by atoms with Crippen molar-refractivity contribution in [2.24, 2.45) is 0 Å². The summed E-state index contributed by atoms with van der Waals surface area (Å²) in [6, 6.07) is 7.83. The van der Waals surface area contributed by atoms with E-state index < -0.39 is 11.7 Å². The van der Waals surface area contributed by atoms with Gasteiger partial charge in [-0.1, -0.05) is 0 Å². The molecule has 2 aromatic rings. The number of ether oxygens (including phenoxy) is 1. The van der Waals surface area contributed by atoms with Gasteiger partial charge in [-0.05, 0) is 30.7 Å². The van der Waals surface area contributed by atoms with Gasteiger partial charge < -0.3 is 20.3 Å². The molecule has 0 saturated carbocycles. The summed E-state index contributed by atoms with van der Waals surface area (Å²) in [7, 11) is 0. The molecule has 1 aliphatic rings. The molecule has 1 amide bonds. The van der Waals surface area contributed by atoms with E-state index in [1.165, 1.54) is 0 Å². The summed E-state index contributed by atoms with van der Waals surface area (Å²) < 4.78 is 19.2. The van der Waals surface area contributed by atoms with Crippen LogP contribution in [0.2, 0.25) is 0 Å². The fourth-order valence-electron chi connectivity index (χ4n) is 2.77. The van der Waals surface area contributed by atoms with E-state index in [2.05, 4.69) is 25.5 Å². The third-order valence-corrected chi connectivity index (χ3v) is 4.24. The predicted octanol–water partition coefficient (Wildman–Crippen LogP) is 1.89. The summed E-state index contributed by atoms with van der Waals surface area (Å²) in [5.41, 5.74) is 3.45. The number of nitrogens with zero attached hydrogens (tertiary/aromatic N) is 3. The van der Waals surface area contributed by atoms with Crippen molar-refractivity contribution in [1.82, 2.24) is 15.4 Å². The number of nitrogens with one attached hydrogen (secondary N) is 3. The number of amides is 1. The van der Waals surface area contributed by atoms with Crippen molar-refractivity contribution in [2.75, 3.05) is 48.4 Å². The minimum absolute atomic E-state index is 0.0480. The maximum atomic E-state index is 13.9. The van der Waals surface area contributed by atoms with Crippen molar-refractivity contribution in [1.29, 1.82) is 0 Å². The lowest BCUT2D eigenvalue weighted by Crippen LogP contribution is -2.36. The number of hydroxylamine groups is 1. The molecule has 4 N–H and O–H groups in total. The van der Waals surface area contributed by atoms with Gasteiger partial charge in [0.25, 0.3) is 0 Å². The van der Waals surface area contributed by atoms with Gasteiger partial charge in [0, 0.05) is 37.4 Å². The number of hydrogen-bond acceptors (Lipinski definition) is 8. The quantitative estimate of drug-likeness (QED) is 0.307. The Morgan fingerprint density at radius 2 is 2.00 bits per heavy atom. The zero-order chi connectivity index (χ0) is 19.8. The van der Waals surface area contributed by atoms with E-state index in [9.17, 15) is 9.18 Å². The van der Waals surface area contributed by atoms with E-state index in [-0.39, 0.29) is 18.2 Å². The second-order valence-corrected chi connectivity index (χ2v) is 6.23. The fourth-order valence-corrected chi connectivity index (χ4v) is 2.77. The predicted molar refractivity (Wildman–Crippen MR) is 102 cm³/mol. The summed E-state index contributed by atoms with van der Waals surface area (Å²) in [6.45, 7) is 3.51. The number of anilines is 4. The van der Waals surface area contributed by atoms with Crippen LogP contribution in [0, 0.1) is 5.82 Å². The second-order valence-electron chi connectivity index (χ2n) is 6.23. The highest BCUT2D eigenvalue weighted by Crippen LogP contribution is 2.21. The van der Waals surface area contributed by atoms with Crippen LogP contribution in [0.4, 0.5) is 27.5 Å². The van der Waals surface area contributed by atoms with Crippen LogP contribution in [0.1, 0.15) is 12.8 Å². The lowest BCUT2D eigenvalue weighted by Gasteiger charge is -2.28. The molecular weight excluding hydrogens is 367 g/mol. The molecule has 10 heteroatoms. The summed E-state index contributed by atoms with van der Waals surface area (Å²) in [5.74, 6) is -0.768. The SMILES string of the molecule is O=C(CCCNc1nc(Nc2ccc(N3CCOCC3)cc2)ncc1F)NO. The first-order chi connectivity index (χ1) is 13.7. The molecule has 0 radical (unpaired) electrons. The molecule has 150 valence electrons. The van der Waals surface area contributed by atoms with Crippen LogP contribution < -0.4 is 21.0 Å². The van der Waals surface area contributed by atoms with E-state index in [0.29, 0.717) is 13.0 Å². The largest absolute Gasteiger partial charge is 0.378 e. The van der Waals surface area contributed by atoms with E-state index >= 15 is 0 Å². The minimum Gasteiger partial charge on any atom is -0.378 e. The highest BCUT2D eigenvalue weighted by molar-refractivity contribution is 5.74. The van der Waals surface area contributed by atoms with Crippen LogP contribution in [0.25, 0.3) is 0 Å². The molecule has 0 unspecified atom stereocenters. The molecular formula is C18H23FN6O3. The maximum absolute atomic E-state index is 13.9. The van der Waals surface area contributed by atoms with Gasteiger partial charge in [-0.25, -0.2) is 14.9 Å². The van der Waals surface area contributed by atoms with E-state index in [1.807, 2.05) is 24.3 Å². The van der Waals surface area contributed by atoms with Gasteiger partial charge in [-0.2, -0.15) is 4.98 Å². The number of aromatic nitrogens is 2. The molecule has 1 saturated heterocycles. The molecule has 0 bridgehead atoms. The van der Waals surface area contributed by atoms with Crippen molar-refractivity contribution >= 4 is 29.0 Å². The zero-order valence-corrected chi connectivity index (χ0v) is 15.3. The standard InChI is InChI=1S/C18H23FN6O3/c19-15-12-21-18(23-17(15)20-7-1-2-16(26)24-27)22-13-3-5-14(6-4-13)25-8-10-28-11-9-25/h3-6,12,27H,1-2,7-11H2,(H,24,26)(H2,20,21,22,23). The molecule has 1 aromatic heterocycles. The maximum Gasteiger partial charge on any atom is 0.243 e. The zero-order valence-electron chi connectivity index (χ0n) is 15.3. The fraction of sp³-hybridized carbons (Fsp3) is 0.389. The molecule has 1 aromatic carbocycles. The minimum atomic E-state index is -0.583. The van der Waals surface area contributed by atoms with Crippen LogP contribution in [0.5, 0.6) is 0 Å². The number of carbonyl (C=O) groups excluding carboxylic acids is 1. The highest BCUT2D eigenvalue weighted by atomic mass is 19.1. The molecule has 0 spiro atoms. The Balaban J connectivity index is 1.57. The summed E-state index contributed by atoms with van der Waals surface area (Å²) in [4.78, 5) is 21.3. The second kappa shape index (κ2) is 9.81. The van der Waals surface area contributed by atoms with Crippen LogP contribution >= 0.6 is 0 Å². The molecule has 1 aliphatic heterocycles. The van der Waals surface area contributed by atoms with Gasteiger partial charge in [-0.15, -0.1) is 0 Å². The van der Waals surface area contributed by atoms with Gasteiger partial charge in [0.15, 0.2) is 11.6 Å². The monoisotopic (exact) mass is 390 g/mol. The molecule has 0 atom stereocenters. The lowest BCUT2D eigenvalue weighted by molar-refractivity contribution is -0.129. The van der Waals surface area contributed by atoms with Crippen LogP contribution in [-0.2, 0) is 9.53 Å². The average molecular weight is 390 g/mol. The number of morpholine rings is 1. The third kappa shape index (κ3) is 5.51. The molecule has 3 rings (SSSR count). The Hall–Kier alpha value is -2.98. The number of halogens is 1. The summed E-state index contributed by atoms with van der Waals surface area (Å²) >= 11 is 0. The van der Waals surface area contributed by atoms with Crippen molar-refractivity contribution in [3.63, 3.8) is 0 Å². The Morgan fingerprint density at radius 3 is 2.71 bits per heavy atom. The van der Waals surface area contributed by atoms with Crippen molar-refractivity contribution in [2.45, 2.75) is 12.8 Å². The first-order valence-corrected chi connectivity index (χ1v) is 9.05. The van der Waals surface area contributed by atoms with Gasteiger partial charge >= 0.3 is 0 Å². The number of hydrogen-bond donors (Lipinski definition) is 4. The smallest absolute Gasteiger partial charge is 0.243 e. The Kier molecular flexibility index (Phi) is 6.93. The highest BCUT2D eigenvalue weighted by Gasteiger charge is 2.11. The first-order valence-electron chi connectivity index (χ1n) is 9.05. The lowest BCUT2D eigenvalue weighted by atomic mass is 10.2. The average Bonchev–Trinajstić information content (AvgIpc) is 2.74. The van der Waals surface area contributed by atoms with Crippen molar-refractivity contribution < 1.29 is 19.1 Å². The Morgan fingerprint density at radius 1 is 1.25 bits per heavy atom. The van der Waals surface area contributed by atoms with E-state index in [0.717, 1.165) is 43.9 Å². The topological polar surface area (TPSA) is 112 Å². The summed E-state index contributed by atoms with van der Waals surface area (Å²) in [5, 5.41) is 14.3. The van der Waals surface area contributed by atoms with Gasteiger partial charge in [0.05, 0.1) is 19.4 Å². The Bertz CT molecular complexity index is 783. The molecule has 0 aliphatic carbocycles. The Labute approximate surface area is 161 Å².